The normalized spacial score (nSPS) is 17.3. The lowest BCUT2D eigenvalue weighted by Crippen LogP contribution is -2.56. The maximum absolute atomic E-state index is 13.6. The van der Waals surface area contributed by atoms with Gasteiger partial charge >= 0.3 is 0 Å². The number of nitrogens with two attached hydrogens (primary N) is 2. The van der Waals surface area contributed by atoms with E-state index in [1.807, 2.05) is 30.3 Å². The van der Waals surface area contributed by atoms with E-state index < -0.39 is 34.9 Å². The van der Waals surface area contributed by atoms with Crippen LogP contribution in [0, 0.1) is 10.1 Å². The van der Waals surface area contributed by atoms with Crippen LogP contribution in [0.4, 0.5) is 11.4 Å². The average Bonchev–Trinajstić information content (AvgIpc) is 3.29. The second-order valence-corrected chi connectivity index (χ2v) is 8.05. The van der Waals surface area contributed by atoms with E-state index in [4.69, 9.17) is 11.5 Å². The number of hydrogen-bond acceptors (Lipinski definition) is 6. The number of nitro benzene ring substituents is 1. The number of nitro groups is 1. The number of likely N-dealkylation sites (tertiary alicyclic amines) is 1. The van der Waals surface area contributed by atoms with Crippen molar-refractivity contribution in [3.05, 3.63) is 70.3 Å². The first-order valence-electron chi connectivity index (χ1n) is 10.7. The lowest BCUT2D eigenvalue weighted by molar-refractivity contribution is -0.384. The second-order valence-electron chi connectivity index (χ2n) is 8.05. The van der Waals surface area contributed by atoms with E-state index in [0.29, 0.717) is 25.8 Å². The molecule has 4 N–H and O–H groups in total. The van der Waals surface area contributed by atoms with E-state index in [0.717, 1.165) is 5.56 Å². The number of carbonyl (C=O) groups is 3. The number of hydrogen-bond donors (Lipinski definition) is 2. The Balaban J connectivity index is 1.84. The van der Waals surface area contributed by atoms with Crippen LogP contribution in [-0.4, -0.2) is 52.2 Å². The van der Waals surface area contributed by atoms with E-state index in [2.05, 4.69) is 0 Å². The van der Waals surface area contributed by atoms with Crippen molar-refractivity contribution < 1.29 is 19.3 Å². The van der Waals surface area contributed by atoms with Crippen molar-refractivity contribution in [1.29, 1.82) is 0 Å². The number of amides is 3. The molecule has 3 amide bonds. The number of non-ortho nitro benzene ring substituents is 1. The highest BCUT2D eigenvalue weighted by molar-refractivity contribution is 6.04. The molecule has 2 aromatic rings. The quantitative estimate of drug-likeness (QED) is 0.455. The second kappa shape index (κ2) is 10.2. The summed E-state index contributed by atoms with van der Waals surface area (Å²) in [6.45, 7) is 1.85. The summed E-state index contributed by atoms with van der Waals surface area (Å²) in [6, 6.07) is 12.0. The summed E-state index contributed by atoms with van der Waals surface area (Å²) < 4.78 is 0. The van der Waals surface area contributed by atoms with Gasteiger partial charge in [0.25, 0.3) is 11.6 Å². The molecule has 174 valence electrons. The van der Waals surface area contributed by atoms with Gasteiger partial charge in [0.15, 0.2) is 0 Å². The fourth-order valence-corrected chi connectivity index (χ4v) is 4.02. The molecule has 1 heterocycles. The molecule has 0 bridgehead atoms. The molecule has 10 nitrogen and oxygen atoms in total. The molecule has 2 aromatic carbocycles. The number of carbonyl (C=O) groups excluding carboxylic acids is 3. The van der Waals surface area contributed by atoms with Crippen molar-refractivity contribution in [3.8, 4) is 0 Å². The van der Waals surface area contributed by atoms with Gasteiger partial charge in [-0.05, 0) is 43.9 Å². The first-order chi connectivity index (χ1) is 15.7. The third kappa shape index (κ3) is 5.35. The van der Waals surface area contributed by atoms with Gasteiger partial charge in [0.1, 0.15) is 12.1 Å². The van der Waals surface area contributed by atoms with Crippen LogP contribution in [0.1, 0.15) is 25.3 Å². The molecule has 0 radical (unpaired) electrons. The molecular formula is C23H27N5O5. The van der Waals surface area contributed by atoms with Gasteiger partial charge in [-0.25, -0.2) is 0 Å². The summed E-state index contributed by atoms with van der Waals surface area (Å²) in [4.78, 5) is 51.7. The molecule has 0 aromatic heterocycles. The zero-order chi connectivity index (χ0) is 24.1. The summed E-state index contributed by atoms with van der Waals surface area (Å²) in [5.41, 5.74) is 12.7. The highest BCUT2D eigenvalue weighted by atomic mass is 16.6. The lowest BCUT2D eigenvalue weighted by atomic mass is 10.0. The Morgan fingerprint density at radius 2 is 1.79 bits per heavy atom. The summed E-state index contributed by atoms with van der Waals surface area (Å²) in [7, 11) is 0. The van der Waals surface area contributed by atoms with Crippen molar-refractivity contribution in [2.24, 2.45) is 11.5 Å². The highest BCUT2D eigenvalue weighted by Crippen LogP contribution is 2.27. The highest BCUT2D eigenvalue weighted by Gasteiger charge is 2.40. The maximum atomic E-state index is 13.6. The lowest BCUT2D eigenvalue weighted by Gasteiger charge is -2.34. The Bertz CT molecular complexity index is 1030. The largest absolute Gasteiger partial charge is 0.368 e. The molecule has 1 saturated heterocycles. The minimum Gasteiger partial charge on any atom is -0.368 e. The van der Waals surface area contributed by atoms with E-state index >= 15 is 0 Å². The van der Waals surface area contributed by atoms with Crippen molar-refractivity contribution in [3.63, 3.8) is 0 Å². The van der Waals surface area contributed by atoms with E-state index in [1.165, 1.54) is 41.0 Å². The third-order valence-corrected chi connectivity index (χ3v) is 5.81. The van der Waals surface area contributed by atoms with Crippen LogP contribution < -0.4 is 16.4 Å². The fourth-order valence-electron chi connectivity index (χ4n) is 4.02. The molecule has 0 aliphatic carbocycles. The van der Waals surface area contributed by atoms with Gasteiger partial charge in [-0.1, -0.05) is 30.3 Å². The molecule has 1 aliphatic heterocycles. The topological polar surface area (TPSA) is 153 Å². The summed E-state index contributed by atoms with van der Waals surface area (Å²) in [5.74, 6) is -1.56. The molecule has 0 unspecified atom stereocenters. The molecule has 10 heteroatoms. The Morgan fingerprint density at radius 3 is 2.36 bits per heavy atom. The predicted molar refractivity (Wildman–Crippen MR) is 122 cm³/mol. The summed E-state index contributed by atoms with van der Waals surface area (Å²) in [5, 5.41) is 11.0. The zero-order valence-corrected chi connectivity index (χ0v) is 18.3. The van der Waals surface area contributed by atoms with Crippen LogP contribution in [0.5, 0.6) is 0 Å². The summed E-state index contributed by atoms with van der Waals surface area (Å²) >= 11 is 0. The zero-order valence-electron chi connectivity index (χ0n) is 18.3. The molecular weight excluding hydrogens is 426 g/mol. The summed E-state index contributed by atoms with van der Waals surface area (Å²) in [6.07, 6.45) is 1.36. The van der Waals surface area contributed by atoms with Crippen molar-refractivity contribution in [1.82, 2.24) is 4.90 Å². The Labute approximate surface area is 191 Å². The molecule has 0 saturated carbocycles. The number of anilines is 1. The molecule has 33 heavy (non-hydrogen) atoms. The average molecular weight is 453 g/mol. The molecule has 3 atom stereocenters. The minimum absolute atomic E-state index is 0.151. The monoisotopic (exact) mass is 453 g/mol. The van der Waals surface area contributed by atoms with Gasteiger partial charge in [0.2, 0.25) is 11.8 Å². The van der Waals surface area contributed by atoms with E-state index in [-0.39, 0.29) is 17.3 Å². The van der Waals surface area contributed by atoms with E-state index in [9.17, 15) is 24.5 Å². The molecule has 1 fully saturated rings. The van der Waals surface area contributed by atoms with Crippen LogP contribution in [0.2, 0.25) is 0 Å². The van der Waals surface area contributed by atoms with Gasteiger partial charge in [0.05, 0.1) is 11.0 Å². The molecule has 1 aliphatic rings. The van der Waals surface area contributed by atoms with Gasteiger partial charge in [-0.2, -0.15) is 0 Å². The number of nitrogens with zero attached hydrogens (tertiary/aromatic N) is 3. The van der Waals surface area contributed by atoms with Crippen LogP contribution in [0.15, 0.2) is 54.6 Å². The molecule has 3 rings (SSSR count). The van der Waals surface area contributed by atoms with Gasteiger partial charge < -0.3 is 16.4 Å². The molecule has 0 spiro atoms. The number of rotatable bonds is 8. The van der Waals surface area contributed by atoms with Gasteiger partial charge in [-0.3, -0.25) is 29.4 Å². The fraction of sp³-hybridized carbons (Fsp3) is 0.348. The van der Waals surface area contributed by atoms with Crippen molar-refractivity contribution in [2.45, 2.75) is 44.3 Å². The van der Waals surface area contributed by atoms with Gasteiger partial charge in [0, 0.05) is 24.4 Å². The Morgan fingerprint density at radius 1 is 1.15 bits per heavy atom. The van der Waals surface area contributed by atoms with Crippen molar-refractivity contribution in [2.75, 3.05) is 11.4 Å². The predicted octanol–water partition coefficient (Wildman–Crippen LogP) is 1.36. The van der Waals surface area contributed by atoms with Gasteiger partial charge in [-0.15, -0.1) is 0 Å². The SMILES string of the molecule is C[C@@H](C(N)=O)N(C(=O)[C@@H]1CCCN1C(=O)[C@@H](N)Cc1ccccc1)c1ccc([N+](=O)[O-])cc1. The third-order valence-electron chi connectivity index (χ3n) is 5.81. The van der Waals surface area contributed by atoms with Crippen LogP contribution in [0.25, 0.3) is 0 Å². The Kier molecular flexibility index (Phi) is 7.39. The first kappa shape index (κ1) is 23.9. The first-order valence-corrected chi connectivity index (χ1v) is 10.7. The Hall–Kier alpha value is -3.79. The van der Waals surface area contributed by atoms with Crippen LogP contribution in [-0.2, 0) is 20.8 Å². The number of benzene rings is 2. The standard InChI is InChI=1S/C23H27N5O5/c1-15(21(25)29)27(17-9-11-18(12-10-17)28(32)33)23(31)20-8-5-13-26(20)22(30)19(24)14-16-6-3-2-4-7-16/h2-4,6-7,9-12,15,19-20H,5,8,13-14,24H2,1H3,(H2,25,29)/t15-,19-,20-/m0/s1. The van der Waals surface area contributed by atoms with Crippen molar-refractivity contribution >= 4 is 29.1 Å². The van der Waals surface area contributed by atoms with Crippen LogP contribution in [0.3, 0.4) is 0 Å². The van der Waals surface area contributed by atoms with Crippen LogP contribution >= 0.6 is 0 Å². The minimum atomic E-state index is -1.02. The maximum Gasteiger partial charge on any atom is 0.269 e. The smallest absolute Gasteiger partial charge is 0.269 e. The number of primary amides is 1. The van der Waals surface area contributed by atoms with E-state index in [1.54, 1.807) is 0 Å².